The number of ether oxygens (including phenoxy) is 1. The van der Waals surface area contributed by atoms with Crippen molar-refractivity contribution in [3.05, 3.63) is 77.7 Å². The Balaban J connectivity index is 1.27. The Kier molecular flexibility index (Phi) is 6.37. The number of aromatic nitrogens is 3. The molecule has 1 fully saturated rings. The number of amides is 1. The summed E-state index contributed by atoms with van der Waals surface area (Å²) in [4.78, 5) is 33.3. The molecule has 31 heavy (non-hydrogen) atoms. The first-order valence-corrected chi connectivity index (χ1v) is 10.3. The highest BCUT2D eigenvalue weighted by atomic mass is 16.5. The van der Waals surface area contributed by atoms with Crippen LogP contribution in [0.15, 0.2) is 60.9 Å². The van der Waals surface area contributed by atoms with E-state index in [9.17, 15) is 9.59 Å². The molecule has 0 bridgehead atoms. The van der Waals surface area contributed by atoms with Crippen molar-refractivity contribution in [1.82, 2.24) is 24.6 Å². The number of benzene rings is 1. The number of hydrogen-bond acceptors (Lipinski definition) is 6. The number of piperazine rings is 1. The van der Waals surface area contributed by atoms with Crippen molar-refractivity contribution < 1.29 is 14.3 Å². The van der Waals surface area contributed by atoms with Crippen LogP contribution in [0.25, 0.3) is 5.82 Å². The van der Waals surface area contributed by atoms with Crippen LogP contribution in [0.4, 0.5) is 0 Å². The highest BCUT2D eigenvalue weighted by Crippen LogP contribution is 2.14. The van der Waals surface area contributed by atoms with Crippen molar-refractivity contribution >= 4 is 11.9 Å². The number of esters is 1. The lowest BCUT2D eigenvalue weighted by molar-refractivity contribution is -0.136. The molecule has 0 aliphatic carbocycles. The van der Waals surface area contributed by atoms with Crippen molar-refractivity contribution in [3.8, 4) is 5.82 Å². The molecule has 3 heterocycles. The van der Waals surface area contributed by atoms with Gasteiger partial charge < -0.3 is 9.64 Å². The molecule has 0 atom stereocenters. The van der Waals surface area contributed by atoms with Crippen molar-refractivity contribution in [3.63, 3.8) is 0 Å². The summed E-state index contributed by atoms with van der Waals surface area (Å²) in [6, 6.07) is 15.7. The first-order valence-electron chi connectivity index (χ1n) is 10.3. The zero-order valence-corrected chi connectivity index (χ0v) is 17.5. The third-order valence-electron chi connectivity index (χ3n) is 5.40. The second kappa shape index (κ2) is 9.53. The Morgan fingerprint density at radius 3 is 2.45 bits per heavy atom. The van der Waals surface area contributed by atoms with Crippen LogP contribution in [0, 0.1) is 6.92 Å². The van der Waals surface area contributed by atoms with E-state index in [1.54, 1.807) is 28.8 Å². The summed E-state index contributed by atoms with van der Waals surface area (Å²) in [5.41, 5.74) is 2.20. The highest BCUT2D eigenvalue weighted by molar-refractivity contribution is 5.92. The van der Waals surface area contributed by atoms with Gasteiger partial charge in [-0.1, -0.05) is 36.4 Å². The van der Waals surface area contributed by atoms with Gasteiger partial charge in [0, 0.05) is 38.9 Å². The molecule has 2 aromatic heterocycles. The molecule has 0 radical (unpaired) electrons. The van der Waals surface area contributed by atoms with Gasteiger partial charge in [-0.25, -0.2) is 14.5 Å². The lowest BCUT2D eigenvalue weighted by atomic mass is 10.2. The SMILES string of the molecule is Cc1c(C(=O)OCC(=O)N2CCN(Cc3ccccc3)CC2)cnn1-c1ccccn1. The largest absolute Gasteiger partial charge is 0.452 e. The quantitative estimate of drug-likeness (QED) is 0.569. The summed E-state index contributed by atoms with van der Waals surface area (Å²) in [5, 5.41) is 4.22. The van der Waals surface area contributed by atoms with Gasteiger partial charge in [-0.2, -0.15) is 5.10 Å². The van der Waals surface area contributed by atoms with Crippen LogP contribution < -0.4 is 0 Å². The smallest absolute Gasteiger partial charge is 0.342 e. The molecule has 0 N–H and O–H groups in total. The van der Waals surface area contributed by atoms with Crippen LogP contribution in [0.2, 0.25) is 0 Å². The van der Waals surface area contributed by atoms with Crippen molar-refractivity contribution in [1.29, 1.82) is 0 Å². The first kappa shape index (κ1) is 20.7. The highest BCUT2D eigenvalue weighted by Gasteiger charge is 2.23. The Morgan fingerprint density at radius 1 is 1.00 bits per heavy atom. The average Bonchev–Trinajstić information content (AvgIpc) is 3.20. The minimum atomic E-state index is -0.559. The number of carbonyl (C=O) groups excluding carboxylic acids is 2. The fourth-order valence-electron chi connectivity index (χ4n) is 3.61. The van der Waals surface area contributed by atoms with E-state index in [1.807, 2.05) is 30.3 Å². The summed E-state index contributed by atoms with van der Waals surface area (Å²) in [6.45, 7) is 5.21. The molecule has 0 saturated carbocycles. The van der Waals surface area contributed by atoms with Gasteiger partial charge in [0.05, 0.1) is 11.9 Å². The molecule has 0 spiro atoms. The van der Waals surface area contributed by atoms with Crippen LogP contribution in [-0.2, 0) is 16.1 Å². The van der Waals surface area contributed by atoms with Crippen molar-refractivity contribution in [2.45, 2.75) is 13.5 Å². The topological polar surface area (TPSA) is 80.6 Å². The van der Waals surface area contributed by atoms with Crippen molar-refractivity contribution in [2.24, 2.45) is 0 Å². The van der Waals surface area contributed by atoms with Gasteiger partial charge in [-0.15, -0.1) is 0 Å². The maximum atomic E-state index is 12.5. The van der Waals surface area contributed by atoms with E-state index >= 15 is 0 Å². The van der Waals surface area contributed by atoms with Gasteiger partial charge in [-0.3, -0.25) is 9.69 Å². The van der Waals surface area contributed by atoms with E-state index in [2.05, 4.69) is 27.1 Å². The Morgan fingerprint density at radius 2 is 1.74 bits per heavy atom. The summed E-state index contributed by atoms with van der Waals surface area (Å²) in [6.07, 6.45) is 3.10. The second-order valence-electron chi connectivity index (χ2n) is 7.46. The van der Waals surface area contributed by atoms with Gasteiger partial charge in [-0.05, 0) is 24.6 Å². The lowest BCUT2D eigenvalue weighted by Crippen LogP contribution is -2.49. The standard InChI is InChI=1S/C23H25N5O3/c1-18-20(15-25-28(18)21-9-5-6-10-24-21)23(30)31-17-22(29)27-13-11-26(12-14-27)16-19-7-3-2-4-8-19/h2-10,15H,11-14,16-17H2,1H3. The van der Waals surface area contributed by atoms with E-state index < -0.39 is 5.97 Å². The van der Waals surface area contributed by atoms with E-state index in [1.165, 1.54) is 11.8 Å². The molecule has 8 nitrogen and oxygen atoms in total. The number of nitrogens with zero attached hydrogens (tertiary/aromatic N) is 5. The third-order valence-corrected chi connectivity index (χ3v) is 5.40. The number of rotatable bonds is 6. The van der Waals surface area contributed by atoms with E-state index in [-0.39, 0.29) is 12.5 Å². The number of carbonyl (C=O) groups is 2. The zero-order chi connectivity index (χ0) is 21.6. The summed E-state index contributed by atoms with van der Waals surface area (Å²) < 4.78 is 6.85. The molecule has 1 aromatic carbocycles. The fourth-order valence-corrected chi connectivity index (χ4v) is 3.61. The Hall–Kier alpha value is -3.52. The van der Waals surface area contributed by atoms with Gasteiger partial charge in [0.2, 0.25) is 0 Å². The summed E-state index contributed by atoms with van der Waals surface area (Å²) in [5.74, 6) is -0.123. The van der Waals surface area contributed by atoms with Gasteiger partial charge in [0.1, 0.15) is 5.56 Å². The average molecular weight is 419 g/mol. The molecular weight excluding hydrogens is 394 g/mol. The van der Waals surface area contributed by atoms with Gasteiger partial charge >= 0.3 is 5.97 Å². The maximum Gasteiger partial charge on any atom is 0.342 e. The molecule has 8 heteroatoms. The van der Waals surface area contributed by atoms with E-state index in [0.717, 1.165) is 19.6 Å². The molecular formula is C23H25N5O3. The monoisotopic (exact) mass is 419 g/mol. The normalized spacial score (nSPS) is 14.4. The maximum absolute atomic E-state index is 12.5. The molecule has 1 aliphatic rings. The summed E-state index contributed by atoms with van der Waals surface area (Å²) in [7, 11) is 0. The molecule has 4 rings (SSSR count). The van der Waals surface area contributed by atoms with Crippen LogP contribution in [-0.4, -0.2) is 69.2 Å². The second-order valence-corrected chi connectivity index (χ2v) is 7.46. The molecule has 1 saturated heterocycles. The number of pyridine rings is 1. The zero-order valence-electron chi connectivity index (χ0n) is 17.5. The van der Waals surface area contributed by atoms with Crippen LogP contribution in [0.1, 0.15) is 21.6 Å². The molecule has 1 amide bonds. The summed E-state index contributed by atoms with van der Waals surface area (Å²) >= 11 is 0. The van der Waals surface area contributed by atoms with Crippen LogP contribution in [0.3, 0.4) is 0 Å². The van der Waals surface area contributed by atoms with Gasteiger partial charge in [0.15, 0.2) is 12.4 Å². The van der Waals surface area contributed by atoms with E-state index in [4.69, 9.17) is 4.74 Å². The Bertz CT molecular complexity index is 1030. The first-order chi connectivity index (χ1) is 15.1. The van der Waals surface area contributed by atoms with Crippen LogP contribution in [0.5, 0.6) is 0 Å². The minimum absolute atomic E-state index is 0.178. The molecule has 3 aromatic rings. The van der Waals surface area contributed by atoms with Crippen LogP contribution >= 0.6 is 0 Å². The fraction of sp³-hybridized carbons (Fsp3) is 0.304. The molecule has 160 valence electrons. The van der Waals surface area contributed by atoms with Crippen molar-refractivity contribution in [2.75, 3.05) is 32.8 Å². The minimum Gasteiger partial charge on any atom is -0.452 e. The Labute approximate surface area is 181 Å². The van der Waals surface area contributed by atoms with Gasteiger partial charge in [0.25, 0.3) is 5.91 Å². The predicted molar refractivity (Wildman–Crippen MR) is 115 cm³/mol. The number of hydrogen-bond donors (Lipinski definition) is 0. The third kappa shape index (κ3) is 4.97. The lowest BCUT2D eigenvalue weighted by Gasteiger charge is -2.34. The predicted octanol–water partition coefficient (Wildman–Crippen LogP) is 2.08. The molecule has 0 unspecified atom stereocenters. The van der Waals surface area contributed by atoms with E-state index in [0.29, 0.717) is 30.2 Å². The molecule has 1 aliphatic heterocycles.